The third-order valence-electron chi connectivity index (χ3n) is 2.63. The zero-order valence-electron chi connectivity index (χ0n) is 9.77. The first-order valence-electron chi connectivity index (χ1n) is 5.35. The van der Waals surface area contributed by atoms with Crippen LogP contribution in [0, 0.1) is 18.3 Å². The van der Waals surface area contributed by atoms with Crippen molar-refractivity contribution in [1.29, 1.82) is 5.26 Å². The number of rotatable bonds is 2. The molecule has 3 nitrogen and oxygen atoms in total. The van der Waals surface area contributed by atoms with Gasteiger partial charge in [0.2, 0.25) is 0 Å². The number of hydrogen-bond donors (Lipinski definition) is 1. The molecule has 2 rings (SSSR count). The van der Waals surface area contributed by atoms with Crippen molar-refractivity contribution in [2.75, 3.05) is 5.73 Å². The van der Waals surface area contributed by atoms with Gasteiger partial charge in [0.15, 0.2) is 0 Å². The summed E-state index contributed by atoms with van der Waals surface area (Å²) in [6.45, 7) is 1.86. The highest BCUT2D eigenvalue weighted by Gasteiger charge is 2.10. The Bertz CT molecular complexity index is 632. The van der Waals surface area contributed by atoms with Crippen molar-refractivity contribution in [3.05, 3.63) is 52.5 Å². The van der Waals surface area contributed by atoms with Crippen LogP contribution in [0.5, 0.6) is 11.5 Å². The second-order valence-corrected chi connectivity index (χ2v) is 4.20. The minimum absolute atomic E-state index is 0.320. The molecule has 2 aromatic carbocycles. The Morgan fingerprint density at radius 2 is 1.83 bits per heavy atom. The Morgan fingerprint density at radius 1 is 1.17 bits per heavy atom. The molecule has 0 aromatic heterocycles. The van der Waals surface area contributed by atoms with Crippen molar-refractivity contribution >= 4 is 17.3 Å². The van der Waals surface area contributed by atoms with Crippen molar-refractivity contribution < 1.29 is 4.74 Å². The van der Waals surface area contributed by atoms with Gasteiger partial charge >= 0.3 is 0 Å². The second-order valence-electron chi connectivity index (χ2n) is 3.80. The summed E-state index contributed by atoms with van der Waals surface area (Å²) in [6.07, 6.45) is 0. The van der Waals surface area contributed by atoms with Gasteiger partial charge in [-0.1, -0.05) is 23.7 Å². The summed E-state index contributed by atoms with van der Waals surface area (Å²) in [4.78, 5) is 0. The van der Waals surface area contributed by atoms with Crippen LogP contribution in [0.3, 0.4) is 0 Å². The average Bonchev–Trinajstić information content (AvgIpc) is 2.35. The molecule has 0 heterocycles. The largest absolute Gasteiger partial charge is 0.456 e. The Hall–Kier alpha value is -2.18. The summed E-state index contributed by atoms with van der Waals surface area (Å²) in [5, 5.41) is 9.43. The van der Waals surface area contributed by atoms with Gasteiger partial charge in [0.25, 0.3) is 0 Å². The molecule has 0 atom stereocenters. The summed E-state index contributed by atoms with van der Waals surface area (Å²) in [5.41, 5.74) is 7.60. The lowest BCUT2D eigenvalue weighted by Gasteiger charge is -2.11. The quantitative estimate of drug-likeness (QED) is 0.831. The van der Waals surface area contributed by atoms with Crippen LogP contribution in [-0.2, 0) is 0 Å². The number of benzene rings is 2. The first-order chi connectivity index (χ1) is 8.63. The van der Waals surface area contributed by atoms with E-state index >= 15 is 0 Å². The number of hydrogen-bond acceptors (Lipinski definition) is 3. The van der Waals surface area contributed by atoms with Gasteiger partial charge in [0, 0.05) is 11.3 Å². The highest BCUT2D eigenvalue weighted by atomic mass is 35.5. The molecule has 0 bridgehead atoms. The number of nitrogens with zero attached hydrogens (tertiary/aromatic N) is 1. The monoisotopic (exact) mass is 258 g/mol. The first kappa shape index (κ1) is 12.3. The van der Waals surface area contributed by atoms with E-state index in [9.17, 15) is 0 Å². The van der Waals surface area contributed by atoms with Crippen LogP contribution >= 0.6 is 11.6 Å². The molecule has 0 aliphatic heterocycles. The Balaban J connectivity index is 2.44. The first-order valence-corrected chi connectivity index (χ1v) is 5.73. The molecule has 4 heteroatoms. The standard InChI is InChI=1S/C14H11ClN2O/c1-9-12(17)5-3-6-13(9)18-14-7-2-4-11(15)10(14)8-16/h2-7H,17H2,1H3. The van der Waals surface area contributed by atoms with Gasteiger partial charge in [0.05, 0.1) is 5.02 Å². The van der Waals surface area contributed by atoms with Crippen molar-refractivity contribution in [3.8, 4) is 17.6 Å². The summed E-state index contributed by atoms with van der Waals surface area (Å²) in [7, 11) is 0. The Morgan fingerprint density at radius 3 is 2.56 bits per heavy atom. The molecule has 90 valence electrons. The molecular formula is C14H11ClN2O. The van der Waals surface area contributed by atoms with Crippen LogP contribution in [-0.4, -0.2) is 0 Å². The normalized spacial score (nSPS) is 9.83. The molecule has 2 aromatic rings. The number of nitrogens with two attached hydrogens (primary N) is 1. The van der Waals surface area contributed by atoms with Crippen LogP contribution in [0.4, 0.5) is 5.69 Å². The molecular weight excluding hydrogens is 248 g/mol. The van der Waals surface area contributed by atoms with E-state index < -0.39 is 0 Å². The zero-order chi connectivity index (χ0) is 13.1. The number of ether oxygens (including phenoxy) is 1. The second kappa shape index (κ2) is 4.99. The minimum Gasteiger partial charge on any atom is -0.456 e. The number of nitrogen functional groups attached to an aromatic ring is 1. The van der Waals surface area contributed by atoms with Crippen LogP contribution in [0.1, 0.15) is 11.1 Å². The predicted octanol–water partition coefficient (Wildman–Crippen LogP) is 3.89. The lowest BCUT2D eigenvalue weighted by atomic mass is 10.1. The fourth-order valence-corrected chi connectivity index (χ4v) is 1.77. The Labute approximate surface area is 110 Å². The number of halogens is 1. The highest BCUT2D eigenvalue weighted by Crippen LogP contribution is 2.32. The molecule has 0 saturated carbocycles. The van der Waals surface area contributed by atoms with Gasteiger partial charge in [-0.15, -0.1) is 0 Å². The van der Waals surface area contributed by atoms with Gasteiger partial charge in [-0.3, -0.25) is 0 Å². The van der Waals surface area contributed by atoms with E-state index in [2.05, 4.69) is 0 Å². The number of anilines is 1. The zero-order valence-corrected chi connectivity index (χ0v) is 10.5. The summed E-state index contributed by atoms with van der Waals surface area (Å²) >= 11 is 5.94. The van der Waals surface area contributed by atoms with E-state index in [4.69, 9.17) is 27.3 Å². The molecule has 0 fully saturated rings. The van der Waals surface area contributed by atoms with Crippen molar-refractivity contribution in [2.24, 2.45) is 0 Å². The van der Waals surface area contributed by atoms with Gasteiger partial charge in [0.1, 0.15) is 23.1 Å². The predicted molar refractivity (Wildman–Crippen MR) is 71.8 cm³/mol. The lowest BCUT2D eigenvalue weighted by Crippen LogP contribution is -1.95. The van der Waals surface area contributed by atoms with Crippen molar-refractivity contribution in [2.45, 2.75) is 6.92 Å². The van der Waals surface area contributed by atoms with Crippen molar-refractivity contribution in [3.63, 3.8) is 0 Å². The summed E-state index contributed by atoms with van der Waals surface area (Å²) < 4.78 is 5.71. The third kappa shape index (κ3) is 2.24. The molecule has 0 amide bonds. The molecule has 0 saturated heterocycles. The maximum atomic E-state index is 9.06. The van der Waals surface area contributed by atoms with Crippen LogP contribution < -0.4 is 10.5 Å². The van der Waals surface area contributed by atoms with Crippen LogP contribution in [0.15, 0.2) is 36.4 Å². The van der Waals surface area contributed by atoms with E-state index in [0.717, 1.165) is 5.56 Å². The van der Waals surface area contributed by atoms with Gasteiger partial charge < -0.3 is 10.5 Å². The van der Waals surface area contributed by atoms with Gasteiger partial charge in [-0.05, 0) is 31.2 Å². The summed E-state index contributed by atoms with van der Waals surface area (Å²) in [5.74, 6) is 1.05. The molecule has 0 unspecified atom stereocenters. The number of nitriles is 1. The van der Waals surface area contributed by atoms with Crippen LogP contribution in [0.25, 0.3) is 0 Å². The van der Waals surface area contributed by atoms with E-state index in [0.29, 0.717) is 27.8 Å². The fraction of sp³-hybridized carbons (Fsp3) is 0.0714. The van der Waals surface area contributed by atoms with Crippen LogP contribution in [0.2, 0.25) is 5.02 Å². The molecule has 18 heavy (non-hydrogen) atoms. The average molecular weight is 259 g/mol. The maximum Gasteiger partial charge on any atom is 0.146 e. The third-order valence-corrected chi connectivity index (χ3v) is 2.95. The Kier molecular flexibility index (Phi) is 3.40. The van der Waals surface area contributed by atoms with E-state index in [-0.39, 0.29) is 0 Å². The SMILES string of the molecule is Cc1c(N)cccc1Oc1cccc(Cl)c1C#N. The van der Waals surface area contributed by atoms with Gasteiger partial charge in [-0.2, -0.15) is 5.26 Å². The molecule has 0 aliphatic carbocycles. The lowest BCUT2D eigenvalue weighted by molar-refractivity contribution is 0.478. The highest BCUT2D eigenvalue weighted by molar-refractivity contribution is 6.31. The summed E-state index contributed by atoms with van der Waals surface area (Å²) in [6, 6.07) is 12.5. The van der Waals surface area contributed by atoms with Gasteiger partial charge in [-0.25, -0.2) is 0 Å². The minimum atomic E-state index is 0.320. The molecule has 0 spiro atoms. The molecule has 2 N–H and O–H groups in total. The maximum absolute atomic E-state index is 9.06. The fourth-order valence-electron chi connectivity index (χ4n) is 1.56. The van der Waals surface area contributed by atoms with E-state index in [1.165, 1.54) is 0 Å². The molecule has 0 radical (unpaired) electrons. The van der Waals surface area contributed by atoms with Crippen molar-refractivity contribution in [1.82, 2.24) is 0 Å². The smallest absolute Gasteiger partial charge is 0.146 e. The topological polar surface area (TPSA) is 59.0 Å². The van der Waals surface area contributed by atoms with E-state index in [1.54, 1.807) is 36.4 Å². The molecule has 0 aliphatic rings. The van der Waals surface area contributed by atoms with E-state index in [1.807, 2.05) is 13.0 Å².